The first-order chi connectivity index (χ1) is 16.9. The van der Waals surface area contributed by atoms with Gasteiger partial charge in [0.05, 0.1) is 12.1 Å². The molecule has 0 unspecified atom stereocenters. The quantitative estimate of drug-likeness (QED) is 0.318. The van der Waals surface area contributed by atoms with Crippen LogP contribution in [0.2, 0.25) is 0 Å². The van der Waals surface area contributed by atoms with E-state index < -0.39 is 5.91 Å². The highest BCUT2D eigenvalue weighted by atomic mass is 16.5. The highest BCUT2D eigenvalue weighted by molar-refractivity contribution is 6.14. The molecular formula is C29H27N3O3. The second-order valence-corrected chi connectivity index (χ2v) is 9.04. The van der Waals surface area contributed by atoms with Crippen molar-refractivity contribution in [1.29, 1.82) is 0 Å². The van der Waals surface area contributed by atoms with Gasteiger partial charge >= 0.3 is 0 Å². The van der Waals surface area contributed by atoms with Crippen molar-refractivity contribution in [1.82, 2.24) is 9.55 Å². The highest BCUT2D eigenvalue weighted by Gasteiger charge is 2.20. The molecule has 5 aromatic rings. The van der Waals surface area contributed by atoms with Gasteiger partial charge in [0.15, 0.2) is 5.78 Å². The molecule has 0 saturated heterocycles. The van der Waals surface area contributed by atoms with Crippen LogP contribution in [0.15, 0.2) is 67.0 Å². The molecule has 0 saturated carbocycles. The van der Waals surface area contributed by atoms with Gasteiger partial charge in [-0.2, -0.15) is 0 Å². The fourth-order valence-electron chi connectivity index (χ4n) is 4.95. The van der Waals surface area contributed by atoms with Crippen LogP contribution in [0.5, 0.6) is 5.75 Å². The average Bonchev–Trinajstić information content (AvgIpc) is 3.15. The molecule has 35 heavy (non-hydrogen) atoms. The molecule has 5 rings (SSSR count). The number of primary amides is 1. The average molecular weight is 466 g/mol. The van der Waals surface area contributed by atoms with Crippen LogP contribution in [-0.2, 0) is 7.05 Å². The first-order valence-corrected chi connectivity index (χ1v) is 11.7. The Hall–Kier alpha value is -4.19. The number of benzene rings is 3. The lowest BCUT2D eigenvalue weighted by Gasteiger charge is -2.13. The first kappa shape index (κ1) is 22.6. The zero-order valence-corrected chi connectivity index (χ0v) is 20.0. The van der Waals surface area contributed by atoms with Crippen molar-refractivity contribution in [3.63, 3.8) is 0 Å². The van der Waals surface area contributed by atoms with Crippen molar-refractivity contribution < 1.29 is 14.3 Å². The summed E-state index contributed by atoms with van der Waals surface area (Å²) in [6.07, 6.45) is 4.25. The molecule has 0 aliphatic carbocycles. The second-order valence-electron chi connectivity index (χ2n) is 9.04. The van der Waals surface area contributed by atoms with Crippen molar-refractivity contribution >= 4 is 44.3 Å². The third kappa shape index (κ3) is 3.91. The van der Waals surface area contributed by atoms with Crippen LogP contribution >= 0.6 is 0 Å². The smallest absolute Gasteiger partial charge is 0.249 e. The van der Waals surface area contributed by atoms with E-state index in [1.54, 1.807) is 24.3 Å². The van der Waals surface area contributed by atoms with Crippen LogP contribution in [0, 0.1) is 12.8 Å². The van der Waals surface area contributed by atoms with E-state index in [9.17, 15) is 9.59 Å². The van der Waals surface area contributed by atoms with Gasteiger partial charge in [-0.3, -0.25) is 14.6 Å². The lowest BCUT2D eigenvalue weighted by molar-refractivity contribution is 0.0901. The third-order valence-corrected chi connectivity index (χ3v) is 6.85. The monoisotopic (exact) mass is 465 g/mol. The van der Waals surface area contributed by atoms with Crippen molar-refractivity contribution in [2.75, 3.05) is 6.61 Å². The number of hydrogen-bond donors (Lipinski definition) is 1. The maximum Gasteiger partial charge on any atom is 0.249 e. The summed E-state index contributed by atoms with van der Waals surface area (Å²) in [5.74, 6) is -0.257. The Labute approximate surface area is 203 Å². The fourth-order valence-corrected chi connectivity index (χ4v) is 4.95. The molecule has 0 spiro atoms. The van der Waals surface area contributed by atoms with Gasteiger partial charge in [0.2, 0.25) is 5.91 Å². The van der Waals surface area contributed by atoms with Crippen LogP contribution in [0.3, 0.4) is 0 Å². The number of nitrogens with two attached hydrogens (primary N) is 1. The highest BCUT2D eigenvalue weighted by Crippen LogP contribution is 2.36. The Morgan fingerprint density at radius 2 is 1.80 bits per heavy atom. The number of amides is 1. The molecular weight excluding hydrogens is 438 g/mol. The molecule has 0 radical (unpaired) electrons. The van der Waals surface area contributed by atoms with Crippen molar-refractivity contribution in [3.8, 4) is 5.75 Å². The van der Waals surface area contributed by atoms with Gasteiger partial charge in [0.25, 0.3) is 0 Å². The summed E-state index contributed by atoms with van der Waals surface area (Å²) >= 11 is 0. The maximum absolute atomic E-state index is 12.9. The minimum absolute atomic E-state index is 0.108. The Balaban J connectivity index is 1.38. The molecule has 1 atom stereocenters. The Kier molecular flexibility index (Phi) is 5.73. The number of carbonyl (C=O) groups excluding carboxylic acids is 2. The van der Waals surface area contributed by atoms with Gasteiger partial charge in [-0.05, 0) is 60.7 Å². The van der Waals surface area contributed by atoms with Gasteiger partial charge in [0, 0.05) is 58.2 Å². The van der Waals surface area contributed by atoms with Crippen molar-refractivity contribution in [3.05, 3.63) is 83.7 Å². The van der Waals surface area contributed by atoms with Crippen molar-refractivity contribution in [2.45, 2.75) is 20.3 Å². The summed E-state index contributed by atoms with van der Waals surface area (Å²) in [7, 11) is 2.09. The van der Waals surface area contributed by atoms with Crippen LogP contribution in [0.1, 0.15) is 39.6 Å². The van der Waals surface area contributed by atoms with Crippen molar-refractivity contribution in [2.24, 2.45) is 18.7 Å². The SMILES string of the molecule is Cc1c2ccncc2cc2c3cc(OCC[C@H](C)C(=O)c4ccccc4C(N)=O)ccc3n(C)c12. The zero-order valence-electron chi connectivity index (χ0n) is 20.0. The number of ether oxygens (including phenoxy) is 1. The number of hydrogen-bond acceptors (Lipinski definition) is 4. The van der Waals surface area contributed by atoms with E-state index in [2.05, 4.69) is 47.8 Å². The minimum Gasteiger partial charge on any atom is -0.494 e. The third-order valence-electron chi connectivity index (χ3n) is 6.85. The summed E-state index contributed by atoms with van der Waals surface area (Å²) in [5.41, 5.74) is 9.61. The molecule has 2 N–H and O–H groups in total. The number of aromatic nitrogens is 2. The predicted octanol–water partition coefficient (Wildman–Crippen LogP) is 5.57. The van der Waals surface area contributed by atoms with E-state index in [0.29, 0.717) is 18.6 Å². The normalized spacial score (nSPS) is 12.3. The zero-order chi connectivity index (χ0) is 24.7. The molecule has 3 aromatic carbocycles. The number of rotatable bonds is 7. The maximum atomic E-state index is 12.9. The summed E-state index contributed by atoms with van der Waals surface area (Å²) < 4.78 is 8.28. The molecule has 6 heteroatoms. The summed E-state index contributed by atoms with van der Waals surface area (Å²) in [5, 5.41) is 4.59. The van der Waals surface area contributed by atoms with E-state index >= 15 is 0 Å². The first-order valence-electron chi connectivity index (χ1n) is 11.7. The molecule has 2 heterocycles. The second kappa shape index (κ2) is 8.87. The van der Waals surface area contributed by atoms with Gasteiger partial charge < -0.3 is 15.0 Å². The van der Waals surface area contributed by atoms with E-state index in [1.165, 1.54) is 16.5 Å². The molecule has 0 fully saturated rings. The lowest BCUT2D eigenvalue weighted by Crippen LogP contribution is -2.20. The Bertz CT molecular complexity index is 1620. The predicted molar refractivity (Wildman–Crippen MR) is 139 cm³/mol. The number of pyridine rings is 1. The lowest BCUT2D eigenvalue weighted by atomic mass is 9.93. The molecule has 2 aromatic heterocycles. The summed E-state index contributed by atoms with van der Waals surface area (Å²) in [6.45, 7) is 4.38. The minimum atomic E-state index is -0.598. The number of Topliss-reactive ketones (excluding diaryl/α,β-unsaturated/α-hetero) is 1. The number of fused-ring (bicyclic) bond motifs is 4. The van der Waals surface area contributed by atoms with E-state index in [-0.39, 0.29) is 17.3 Å². The number of aryl methyl sites for hydroxylation is 2. The Morgan fingerprint density at radius 1 is 1.03 bits per heavy atom. The molecule has 0 bridgehead atoms. The van der Waals surface area contributed by atoms with E-state index in [1.807, 2.05) is 25.4 Å². The molecule has 1 amide bonds. The van der Waals surface area contributed by atoms with Gasteiger partial charge in [-0.25, -0.2) is 0 Å². The topological polar surface area (TPSA) is 87.2 Å². The molecule has 0 aliphatic rings. The number of carbonyl (C=O) groups is 2. The van der Waals surface area contributed by atoms with Crippen LogP contribution in [0.4, 0.5) is 0 Å². The summed E-state index contributed by atoms with van der Waals surface area (Å²) in [6, 6.07) is 17.0. The van der Waals surface area contributed by atoms with Crippen LogP contribution in [-0.4, -0.2) is 27.8 Å². The largest absolute Gasteiger partial charge is 0.494 e. The fraction of sp³-hybridized carbons (Fsp3) is 0.207. The van der Waals surface area contributed by atoms with Gasteiger partial charge in [0.1, 0.15) is 5.75 Å². The molecule has 0 aliphatic heterocycles. The van der Waals surface area contributed by atoms with E-state index in [4.69, 9.17) is 10.5 Å². The standard InChI is InChI=1S/C29H27N3O3/c1-17(28(33)22-6-4-5-7-23(22)29(30)34)11-13-35-20-8-9-26-24(15-20)25-14-19-16-31-12-10-21(19)18(2)27(25)32(26)3/h4-10,12,14-17H,11,13H2,1-3H3,(H2,30,34)/t17-/m0/s1. The van der Waals surface area contributed by atoms with Crippen LogP contribution < -0.4 is 10.5 Å². The number of nitrogens with zero attached hydrogens (tertiary/aromatic N) is 2. The molecule has 6 nitrogen and oxygen atoms in total. The van der Waals surface area contributed by atoms with Crippen LogP contribution in [0.25, 0.3) is 32.6 Å². The van der Waals surface area contributed by atoms with Gasteiger partial charge in [-0.1, -0.05) is 25.1 Å². The van der Waals surface area contributed by atoms with Gasteiger partial charge in [-0.15, -0.1) is 0 Å². The Morgan fingerprint density at radius 3 is 2.57 bits per heavy atom. The summed E-state index contributed by atoms with van der Waals surface area (Å²) in [4.78, 5) is 28.9. The molecule has 176 valence electrons. The van der Waals surface area contributed by atoms with E-state index in [0.717, 1.165) is 27.4 Å². The number of ketones is 1.